The summed E-state index contributed by atoms with van der Waals surface area (Å²) in [4.78, 5) is 31.9. The predicted molar refractivity (Wildman–Crippen MR) is 67.8 cm³/mol. The van der Waals surface area contributed by atoms with Crippen molar-refractivity contribution in [1.82, 2.24) is 14.9 Å². The van der Waals surface area contributed by atoms with Crippen molar-refractivity contribution < 1.29 is 14.7 Å². The van der Waals surface area contributed by atoms with Gasteiger partial charge in [0, 0.05) is 12.1 Å². The molecule has 1 aromatic carbocycles. The summed E-state index contributed by atoms with van der Waals surface area (Å²) in [5.41, 5.74) is 2.05. The maximum atomic E-state index is 12.4. The zero-order valence-electron chi connectivity index (χ0n) is 10.2. The van der Waals surface area contributed by atoms with Crippen LogP contribution in [0, 0.1) is 0 Å². The Labute approximate surface area is 109 Å². The number of carbonyl (C=O) groups is 2. The van der Waals surface area contributed by atoms with Crippen LogP contribution in [0.4, 0.5) is 0 Å². The third-order valence-corrected chi connectivity index (χ3v) is 3.47. The first-order valence-corrected chi connectivity index (χ1v) is 6.14. The Morgan fingerprint density at radius 1 is 1.42 bits per heavy atom. The molecule has 1 aromatic heterocycles. The smallest absolute Gasteiger partial charge is 0.326 e. The lowest BCUT2D eigenvalue weighted by molar-refractivity contribution is -0.141. The number of hydrogen-bond donors (Lipinski definition) is 2. The summed E-state index contributed by atoms with van der Waals surface area (Å²) in [6.07, 6.45) is 2.82. The van der Waals surface area contributed by atoms with E-state index in [1.165, 1.54) is 4.90 Å². The summed E-state index contributed by atoms with van der Waals surface area (Å²) in [6, 6.07) is 4.44. The van der Waals surface area contributed by atoms with Crippen LogP contribution in [0.25, 0.3) is 11.0 Å². The Kier molecular flexibility index (Phi) is 2.70. The van der Waals surface area contributed by atoms with Crippen LogP contribution in [-0.4, -0.2) is 44.4 Å². The Bertz CT molecular complexity index is 649. The summed E-state index contributed by atoms with van der Waals surface area (Å²) in [5, 5.41) is 9.11. The zero-order chi connectivity index (χ0) is 13.4. The molecular weight excluding hydrogens is 246 g/mol. The van der Waals surface area contributed by atoms with Gasteiger partial charge >= 0.3 is 5.97 Å². The lowest BCUT2D eigenvalue weighted by Crippen LogP contribution is -2.40. The number of H-pyrrole nitrogens is 1. The van der Waals surface area contributed by atoms with Gasteiger partial charge in [0.05, 0.1) is 17.4 Å². The topological polar surface area (TPSA) is 86.3 Å². The number of carbonyl (C=O) groups excluding carboxylic acids is 1. The van der Waals surface area contributed by atoms with Crippen molar-refractivity contribution in [3.8, 4) is 0 Å². The lowest BCUT2D eigenvalue weighted by Gasteiger charge is -2.21. The molecule has 1 amide bonds. The fourth-order valence-electron chi connectivity index (χ4n) is 2.50. The Balaban J connectivity index is 1.92. The van der Waals surface area contributed by atoms with E-state index in [4.69, 9.17) is 5.11 Å². The molecule has 0 unspecified atom stereocenters. The van der Waals surface area contributed by atoms with E-state index < -0.39 is 12.0 Å². The zero-order valence-corrected chi connectivity index (χ0v) is 10.2. The average Bonchev–Trinajstić information content (AvgIpc) is 3.05. The lowest BCUT2D eigenvalue weighted by atomic mass is 10.1. The van der Waals surface area contributed by atoms with Crippen LogP contribution in [0.5, 0.6) is 0 Å². The Morgan fingerprint density at radius 2 is 2.26 bits per heavy atom. The highest BCUT2D eigenvalue weighted by Crippen LogP contribution is 2.21. The minimum Gasteiger partial charge on any atom is -0.480 e. The first kappa shape index (κ1) is 11.7. The number of aliphatic carboxylic acids is 1. The number of rotatable bonds is 2. The largest absolute Gasteiger partial charge is 0.480 e. The molecule has 1 aliphatic rings. The van der Waals surface area contributed by atoms with Gasteiger partial charge in [0.2, 0.25) is 0 Å². The van der Waals surface area contributed by atoms with Crippen LogP contribution in [0.3, 0.4) is 0 Å². The van der Waals surface area contributed by atoms with Crippen LogP contribution in [0.15, 0.2) is 24.5 Å². The molecule has 0 bridgehead atoms. The van der Waals surface area contributed by atoms with E-state index in [0.29, 0.717) is 18.5 Å². The molecule has 1 atom stereocenters. The van der Waals surface area contributed by atoms with Crippen molar-refractivity contribution in [2.24, 2.45) is 0 Å². The molecule has 6 nitrogen and oxygen atoms in total. The van der Waals surface area contributed by atoms with Gasteiger partial charge in [0.1, 0.15) is 6.04 Å². The fraction of sp³-hybridized carbons (Fsp3) is 0.308. The van der Waals surface area contributed by atoms with Crippen molar-refractivity contribution >= 4 is 22.9 Å². The summed E-state index contributed by atoms with van der Waals surface area (Å²) in [7, 11) is 0. The third kappa shape index (κ3) is 1.95. The molecule has 0 saturated carbocycles. The van der Waals surface area contributed by atoms with Crippen molar-refractivity contribution in [1.29, 1.82) is 0 Å². The first-order valence-electron chi connectivity index (χ1n) is 6.14. The number of amides is 1. The number of nitrogens with one attached hydrogen (secondary N) is 1. The van der Waals surface area contributed by atoms with Crippen molar-refractivity contribution in [3.05, 3.63) is 30.1 Å². The summed E-state index contributed by atoms with van der Waals surface area (Å²) < 4.78 is 0. The van der Waals surface area contributed by atoms with E-state index in [1.807, 2.05) is 0 Å². The number of carboxylic acid groups (broad SMARTS) is 1. The second-order valence-electron chi connectivity index (χ2n) is 4.63. The molecule has 1 fully saturated rings. The normalized spacial score (nSPS) is 18.9. The molecule has 3 rings (SSSR count). The monoisotopic (exact) mass is 259 g/mol. The van der Waals surface area contributed by atoms with E-state index in [2.05, 4.69) is 9.97 Å². The predicted octanol–water partition coefficient (Wildman–Crippen LogP) is 1.25. The standard InChI is InChI=1S/C13H13N3O3/c17-12(16-5-1-2-11(16)13(18)19)8-3-4-9-10(6-8)15-7-14-9/h3-4,6-7,11H,1-2,5H2,(H,14,15)(H,18,19)/t11-/m0/s1. The third-order valence-electron chi connectivity index (χ3n) is 3.47. The van der Waals surface area contributed by atoms with Crippen molar-refractivity contribution in [3.63, 3.8) is 0 Å². The van der Waals surface area contributed by atoms with Crippen molar-refractivity contribution in [2.45, 2.75) is 18.9 Å². The summed E-state index contributed by atoms with van der Waals surface area (Å²) in [6.45, 7) is 0.497. The molecule has 19 heavy (non-hydrogen) atoms. The van der Waals surface area contributed by atoms with Gasteiger partial charge in [-0.05, 0) is 31.0 Å². The minimum absolute atomic E-state index is 0.235. The van der Waals surface area contributed by atoms with Gasteiger partial charge in [-0.15, -0.1) is 0 Å². The van der Waals surface area contributed by atoms with Crippen LogP contribution >= 0.6 is 0 Å². The van der Waals surface area contributed by atoms with Gasteiger partial charge in [-0.3, -0.25) is 4.79 Å². The highest BCUT2D eigenvalue weighted by Gasteiger charge is 2.34. The summed E-state index contributed by atoms with van der Waals surface area (Å²) in [5.74, 6) is -1.17. The quantitative estimate of drug-likeness (QED) is 0.849. The number of benzene rings is 1. The maximum Gasteiger partial charge on any atom is 0.326 e. The van der Waals surface area contributed by atoms with Gasteiger partial charge in [0.15, 0.2) is 0 Å². The number of aromatic amines is 1. The molecule has 6 heteroatoms. The van der Waals surface area contributed by atoms with Crippen LogP contribution < -0.4 is 0 Å². The van der Waals surface area contributed by atoms with E-state index in [0.717, 1.165) is 17.5 Å². The average molecular weight is 259 g/mol. The second kappa shape index (κ2) is 4.38. The fourth-order valence-corrected chi connectivity index (χ4v) is 2.50. The highest BCUT2D eigenvalue weighted by molar-refractivity contribution is 5.99. The van der Waals surface area contributed by atoms with Gasteiger partial charge < -0.3 is 15.0 Å². The summed E-state index contributed by atoms with van der Waals surface area (Å²) >= 11 is 0. The molecular formula is C13H13N3O3. The van der Waals surface area contributed by atoms with Crippen molar-refractivity contribution in [2.75, 3.05) is 6.54 Å². The van der Waals surface area contributed by atoms with Gasteiger partial charge in [0.25, 0.3) is 5.91 Å². The number of aromatic nitrogens is 2. The van der Waals surface area contributed by atoms with Crippen LogP contribution in [-0.2, 0) is 4.79 Å². The molecule has 2 N–H and O–H groups in total. The number of fused-ring (bicyclic) bond motifs is 1. The maximum absolute atomic E-state index is 12.4. The first-order chi connectivity index (χ1) is 9.16. The van der Waals surface area contributed by atoms with E-state index in [9.17, 15) is 9.59 Å². The Morgan fingerprint density at radius 3 is 3.05 bits per heavy atom. The molecule has 0 radical (unpaired) electrons. The molecule has 1 saturated heterocycles. The number of likely N-dealkylation sites (tertiary alicyclic amines) is 1. The molecule has 1 aliphatic heterocycles. The minimum atomic E-state index is -0.937. The molecule has 2 heterocycles. The molecule has 0 aliphatic carbocycles. The number of nitrogens with zero attached hydrogens (tertiary/aromatic N) is 2. The van der Waals surface area contributed by atoms with E-state index in [1.54, 1.807) is 24.5 Å². The van der Waals surface area contributed by atoms with Crippen LogP contribution in [0.2, 0.25) is 0 Å². The molecule has 0 spiro atoms. The van der Waals surface area contributed by atoms with Gasteiger partial charge in [-0.25, -0.2) is 9.78 Å². The molecule has 2 aromatic rings. The second-order valence-corrected chi connectivity index (χ2v) is 4.63. The van der Waals surface area contributed by atoms with E-state index >= 15 is 0 Å². The van der Waals surface area contributed by atoms with Gasteiger partial charge in [-0.2, -0.15) is 0 Å². The van der Waals surface area contributed by atoms with E-state index in [-0.39, 0.29) is 5.91 Å². The number of hydrogen-bond acceptors (Lipinski definition) is 3. The number of carboxylic acids is 1. The number of imidazole rings is 1. The van der Waals surface area contributed by atoms with Gasteiger partial charge in [-0.1, -0.05) is 0 Å². The SMILES string of the molecule is O=C(O)[C@@H]1CCCN1C(=O)c1ccc2nc[nH]c2c1. The van der Waals surface area contributed by atoms with Crippen LogP contribution in [0.1, 0.15) is 23.2 Å². The Hall–Kier alpha value is -2.37. The molecule has 98 valence electrons. The highest BCUT2D eigenvalue weighted by atomic mass is 16.4.